The number of aliphatic hydroxyl groups excluding tert-OH is 1. The molecule has 0 spiro atoms. The summed E-state index contributed by atoms with van der Waals surface area (Å²) in [7, 11) is 0. The second-order valence-electron chi connectivity index (χ2n) is 4.60. The minimum absolute atomic E-state index is 0.205. The summed E-state index contributed by atoms with van der Waals surface area (Å²) < 4.78 is 5.15. The summed E-state index contributed by atoms with van der Waals surface area (Å²) in [6.45, 7) is 5.70. The van der Waals surface area contributed by atoms with E-state index in [0.29, 0.717) is 18.0 Å². The molecule has 0 aromatic carbocycles. The summed E-state index contributed by atoms with van der Waals surface area (Å²) in [4.78, 5) is 15.1. The van der Waals surface area contributed by atoms with Crippen LogP contribution in [0.25, 0.3) is 0 Å². The zero-order valence-corrected chi connectivity index (χ0v) is 11.3. The molecular formula is C14H18N2O3. The summed E-state index contributed by atoms with van der Waals surface area (Å²) in [5, 5.41) is 12.5. The lowest BCUT2D eigenvalue weighted by molar-refractivity contribution is 0.0943. The first kappa shape index (κ1) is 13.4. The van der Waals surface area contributed by atoms with Gasteiger partial charge in [-0.1, -0.05) is 0 Å². The molecule has 1 atom stereocenters. The Kier molecular flexibility index (Phi) is 3.76. The van der Waals surface area contributed by atoms with Crippen LogP contribution in [0.3, 0.4) is 0 Å². The van der Waals surface area contributed by atoms with Gasteiger partial charge in [0.25, 0.3) is 5.91 Å². The number of nitrogens with one attached hydrogen (secondary N) is 2. The van der Waals surface area contributed by atoms with Crippen LogP contribution in [-0.2, 0) is 6.54 Å². The van der Waals surface area contributed by atoms with E-state index in [2.05, 4.69) is 10.3 Å². The van der Waals surface area contributed by atoms with Crippen LogP contribution in [0.15, 0.2) is 22.8 Å². The third-order valence-electron chi connectivity index (χ3n) is 3.14. The fourth-order valence-corrected chi connectivity index (χ4v) is 2.29. The van der Waals surface area contributed by atoms with E-state index >= 15 is 0 Å². The van der Waals surface area contributed by atoms with Crippen LogP contribution in [0.2, 0.25) is 0 Å². The first-order valence-electron chi connectivity index (χ1n) is 6.18. The number of furan rings is 1. The van der Waals surface area contributed by atoms with Crippen molar-refractivity contribution in [3.63, 3.8) is 0 Å². The number of hydrogen-bond donors (Lipinski definition) is 3. The molecular weight excluding hydrogens is 244 g/mol. The molecule has 2 aromatic rings. The number of aryl methyl sites for hydroxylation is 1. The normalized spacial score (nSPS) is 12.4. The Labute approximate surface area is 111 Å². The zero-order chi connectivity index (χ0) is 14.0. The SMILES string of the molecule is Cc1[nH]c(C(=O)NCc2ccco2)c(C)c1[C@H](C)O. The Morgan fingerprint density at radius 3 is 2.79 bits per heavy atom. The van der Waals surface area contributed by atoms with Crippen LogP contribution in [-0.4, -0.2) is 16.0 Å². The molecule has 0 bridgehead atoms. The minimum Gasteiger partial charge on any atom is -0.467 e. The number of aliphatic hydroxyl groups is 1. The van der Waals surface area contributed by atoms with Crippen LogP contribution < -0.4 is 5.32 Å². The Hall–Kier alpha value is -2.01. The van der Waals surface area contributed by atoms with Crippen molar-refractivity contribution < 1.29 is 14.3 Å². The van der Waals surface area contributed by atoms with Gasteiger partial charge in [-0.3, -0.25) is 4.79 Å². The highest BCUT2D eigenvalue weighted by molar-refractivity contribution is 5.94. The number of aromatic amines is 1. The molecule has 3 N–H and O–H groups in total. The number of rotatable bonds is 4. The average molecular weight is 262 g/mol. The smallest absolute Gasteiger partial charge is 0.268 e. The van der Waals surface area contributed by atoms with E-state index in [0.717, 1.165) is 16.8 Å². The third kappa shape index (κ3) is 2.71. The summed E-state index contributed by atoms with van der Waals surface area (Å²) in [5.41, 5.74) is 2.86. The second kappa shape index (κ2) is 5.32. The van der Waals surface area contributed by atoms with Gasteiger partial charge in [0.05, 0.1) is 18.9 Å². The van der Waals surface area contributed by atoms with Gasteiger partial charge in [0.15, 0.2) is 0 Å². The zero-order valence-electron chi connectivity index (χ0n) is 11.3. The molecule has 0 aliphatic carbocycles. The van der Waals surface area contributed by atoms with Gasteiger partial charge in [-0.25, -0.2) is 0 Å². The predicted octanol–water partition coefficient (Wildman–Crippen LogP) is 2.21. The fourth-order valence-electron chi connectivity index (χ4n) is 2.29. The molecule has 102 valence electrons. The van der Waals surface area contributed by atoms with Gasteiger partial charge in [-0.05, 0) is 38.5 Å². The van der Waals surface area contributed by atoms with Crippen molar-refractivity contribution in [1.82, 2.24) is 10.3 Å². The number of carbonyl (C=O) groups excluding carboxylic acids is 1. The maximum absolute atomic E-state index is 12.1. The molecule has 0 aliphatic heterocycles. The minimum atomic E-state index is -0.595. The van der Waals surface area contributed by atoms with Crippen LogP contribution in [0, 0.1) is 13.8 Å². The third-order valence-corrected chi connectivity index (χ3v) is 3.14. The molecule has 2 rings (SSSR count). The molecule has 0 fully saturated rings. The van der Waals surface area contributed by atoms with Gasteiger partial charge in [-0.2, -0.15) is 0 Å². The summed E-state index contributed by atoms with van der Waals surface area (Å²) in [5.74, 6) is 0.494. The molecule has 0 radical (unpaired) electrons. The number of H-pyrrole nitrogens is 1. The van der Waals surface area contributed by atoms with Gasteiger partial charge in [0, 0.05) is 11.3 Å². The van der Waals surface area contributed by atoms with Crippen molar-refractivity contribution in [2.45, 2.75) is 33.4 Å². The van der Waals surface area contributed by atoms with Gasteiger partial charge < -0.3 is 19.8 Å². The highest BCUT2D eigenvalue weighted by Crippen LogP contribution is 2.24. The first-order valence-corrected chi connectivity index (χ1v) is 6.18. The van der Waals surface area contributed by atoms with E-state index in [-0.39, 0.29) is 5.91 Å². The largest absolute Gasteiger partial charge is 0.467 e. The highest BCUT2D eigenvalue weighted by atomic mass is 16.3. The summed E-state index contributed by atoms with van der Waals surface area (Å²) >= 11 is 0. The number of amides is 1. The molecule has 0 unspecified atom stereocenters. The molecule has 0 aliphatic rings. The van der Waals surface area contributed by atoms with Crippen molar-refractivity contribution in [2.75, 3.05) is 0 Å². The molecule has 5 heteroatoms. The maximum atomic E-state index is 12.1. The molecule has 0 saturated carbocycles. The van der Waals surface area contributed by atoms with E-state index in [9.17, 15) is 9.90 Å². The molecule has 19 heavy (non-hydrogen) atoms. The molecule has 1 amide bonds. The van der Waals surface area contributed by atoms with Crippen LogP contribution >= 0.6 is 0 Å². The van der Waals surface area contributed by atoms with Gasteiger partial charge in [-0.15, -0.1) is 0 Å². The van der Waals surface area contributed by atoms with Crippen LogP contribution in [0.1, 0.15) is 46.1 Å². The van der Waals surface area contributed by atoms with Crippen molar-refractivity contribution in [3.05, 3.63) is 46.7 Å². The second-order valence-corrected chi connectivity index (χ2v) is 4.60. The van der Waals surface area contributed by atoms with E-state index < -0.39 is 6.10 Å². The monoisotopic (exact) mass is 262 g/mol. The Bertz CT molecular complexity index is 568. The summed E-state index contributed by atoms with van der Waals surface area (Å²) in [6, 6.07) is 3.57. The van der Waals surface area contributed by atoms with Crippen molar-refractivity contribution in [2.24, 2.45) is 0 Å². The predicted molar refractivity (Wildman–Crippen MR) is 70.8 cm³/mol. The highest BCUT2D eigenvalue weighted by Gasteiger charge is 2.19. The number of aromatic nitrogens is 1. The topological polar surface area (TPSA) is 78.3 Å². The lowest BCUT2D eigenvalue weighted by Gasteiger charge is -2.06. The van der Waals surface area contributed by atoms with Crippen molar-refractivity contribution in [1.29, 1.82) is 0 Å². The van der Waals surface area contributed by atoms with E-state index in [4.69, 9.17) is 4.42 Å². The average Bonchev–Trinajstić information content (AvgIpc) is 2.94. The standard InChI is InChI=1S/C14H18N2O3/c1-8-12(10(3)17)9(2)16-13(8)14(18)15-7-11-5-4-6-19-11/h4-6,10,16-17H,7H2,1-3H3,(H,15,18)/t10-/m0/s1. The Balaban J connectivity index is 2.13. The lowest BCUT2D eigenvalue weighted by Crippen LogP contribution is -2.23. The van der Waals surface area contributed by atoms with Crippen LogP contribution in [0.4, 0.5) is 0 Å². The van der Waals surface area contributed by atoms with Crippen molar-refractivity contribution in [3.8, 4) is 0 Å². The Morgan fingerprint density at radius 1 is 1.53 bits per heavy atom. The first-order chi connectivity index (χ1) is 9.00. The Morgan fingerprint density at radius 2 is 2.26 bits per heavy atom. The van der Waals surface area contributed by atoms with E-state index in [1.165, 1.54) is 0 Å². The lowest BCUT2D eigenvalue weighted by atomic mass is 10.1. The molecule has 0 saturated heterocycles. The van der Waals surface area contributed by atoms with E-state index in [1.807, 2.05) is 13.8 Å². The maximum Gasteiger partial charge on any atom is 0.268 e. The van der Waals surface area contributed by atoms with Gasteiger partial charge in [0.2, 0.25) is 0 Å². The number of hydrogen-bond acceptors (Lipinski definition) is 3. The number of carbonyl (C=O) groups is 1. The van der Waals surface area contributed by atoms with E-state index in [1.54, 1.807) is 25.3 Å². The molecule has 2 heterocycles. The van der Waals surface area contributed by atoms with Gasteiger partial charge in [0.1, 0.15) is 11.5 Å². The van der Waals surface area contributed by atoms with Crippen LogP contribution in [0.5, 0.6) is 0 Å². The molecule has 5 nitrogen and oxygen atoms in total. The van der Waals surface area contributed by atoms with Crippen molar-refractivity contribution >= 4 is 5.91 Å². The quantitative estimate of drug-likeness (QED) is 0.790. The fraction of sp³-hybridized carbons (Fsp3) is 0.357. The van der Waals surface area contributed by atoms with Gasteiger partial charge >= 0.3 is 0 Å². The molecule has 2 aromatic heterocycles. The summed E-state index contributed by atoms with van der Waals surface area (Å²) in [6.07, 6.45) is 0.972.